The molecule has 0 atom stereocenters. The van der Waals surface area contributed by atoms with E-state index in [9.17, 15) is 0 Å². The number of nitrogens with two attached hydrogens (primary N) is 1. The maximum absolute atomic E-state index is 5.53. The quantitative estimate of drug-likeness (QED) is 0.895. The van der Waals surface area contributed by atoms with Gasteiger partial charge in [-0.1, -0.05) is 25.2 Å². The van der Waals surface area contributed by atoms with Crippen LogP contribution in [0.3, 0.4) is 0 Å². The topological polar surface area (TPSA) is 64.7 Å². The highest BCUT2D eigenvalue weighted by Gasteiger charge is 2.09. The molecule has 2 rings (SSSR count). The summed E-state index contributed by atoms with van der Waals surface area (Å²) < 4.78 is 0. The Balaban J connectivity index is 2.20. The van der Waals surface area contributed by atoms with Crippen LogP contribution in [0.1, 0.15) is 18.9 Å². The first-order valence-corrected chi connectivity index (χ1v) is 6.32. The van der Waals surface area contributed by atoms with E-state index in [0.29, 0.717) is 11.0 Å². The molecule has 6 heteroatoms. The van der Waals surface area contributed by atoms with Gasteiger partial charge in [-0.15, -0.1) is 21.5 Å². The lowest BCUT2D eigenvalue weighted by atomic mass is 10.1. The molecule has 2 aromatic heterocycles. The molecule has 0 amide bonds. The predicted octanol–water partition coefficient (Wildman–Crippen LogP) is 2.44. The van der Waals surface area contributed by atoms with Gasteiger partial charge in [0.15, 0.2) is 5.01 Å². The van der Waals surface area contributed by atoms with Gasteiger partial charge in [-0.05, 0) is 5.92 Å². The third kappa shape index (κ3) is 2.51. The lowest BCUT2D eigenvalue weighted by molar-refractivity contribution is 0.644. The number of anilines is 1. The SMILES string of the molecule is CC(C)Cc1ncc(-c2nnc(N)s2)s1. The van der Waals surface area contributed by atoms with E-state index < -0.39 is 0 Å². The molecule has 0 bridgehead atoms. The molecule has 0 fully saturated rings. The number of hydrogen-bond donors (Lipinski definition) is 1. The molecule has 2 aromatic rings. The number of thiazole rings is 1. The molecule has 4 nitrogen and oxygen atoms in total. The fourth-order valence-electron chi connectivity index (χ4n) is 1.19. The van der Waals surface area contributed by atoms with Gasteiger partial charge in [0.05, 0.1) is 9.88 Å². The zero-order valence-electron chi connectivity index (χ0n) is 8.60. The Morgan fingerprint density at radius 1 is 1.33 bits per heavy atom. The Morgan fingerprint density at radius 2 is 2.13 bits per heavy atom. The van der Waals surface area contributed by atoms with Crippen molar-refractivity contribution < 1.29 is 0 Å². The number of hydrogen-bond acceptors (Lipinski definition) is 6. The van der Waals surface area contributed by atoms with Gasteiger partial charge >= 0.3 is 0 Å². The van der Waals surface area contributed by atoms with Crippen LogP contribution in [0.4, 0.5) is 5.13 Å². The Hall–Kier alpha value is -1.01. The largest absolute Gasteiger partial charge is 0.374 e. The van der Waals surface area contributed by atoms with Gasteiger partial charge in [0.2, 0.25) is 5.13 Å². The van der Waals surface area contributed by atoms with E-state index in [1.54, 1.807) is 11.3 Å². The van der Waals surface area contributed by atoms with E-state index in [4.69, 9.17) is 5.73 Å². The molecule has 15 heavy (non-hydrogen) atoms. The second-order valence-corrected chi connectivity index (χ2v) is 5.79. The van der Waals surface area contributed by atoms with Crippen molar-refractivity contribution in [3.8, 4) is 9.88 Å². The fourth-order valence-corrected chi connectivity index (χ4v) is 2.96. The Labute approximate surface area is 96.2 Å². The Bertz CT molecular complexity index is 446. The van der Waals surface area contributed by atoms with Gasteiger partial charge in [0.25, 0.3) is 0 Å². The first-order chi connectivity index (χ1) is 7.15. The number of nitrogens with zero attached hydrogens (tertiary/aromatic N) is 3. The van der Waals surface area contributed by atoms with Crippen molar-refractivity contribution in [3.63, 3.8) is 0 Å². The average Bonchev–Trinajstić information content (AvgIpc) is 2.72. The lowest BCUT2D eigenvalue weighted by Gasteiger charge is -1.97. The number of rotatable bonds is 3. The minimum atomic E-state index is 0.504. The summed E-state index contributed by atoms with van der Waals surface area (Å²) in [6.45, 7) is 4.37. The summed E-state index contributed by atoms with van der Waals surface area (Å²) in [6, 6.07) is 0. The summed E-state index contributed by atoms with van der Waals surface area (Å²) in [5.41, 5.74) is 5.53. The van der Waals surface area contributed by atoms with Crippen LogP contribution in [0.25, 0.3) is 9.88 Å². The van der Waals surface area contributed by atoms with E-state index in [1.165, 1.54) is 11.3 Å². The maximum atomic E-state index is 5.53. The predicted molar refractivity (Wildman–Crippen MR) is 64.0 cm³/mol. The van der Waals surface area contributed by atoms with Crippen LogP contribution in [-0.4, -0.2) is 15.2 Å². The molecule has 0 aliphatic rings. The molecule has 0 aliphatic carbocycles. The minimum Gasteiger partial charge on any atom is -0.374 e. The van der Waals surface area contributed by atoms with Crippen LogP contribution in [0.15, 0.2) is 6.20 Å². The summed E-state index contributed by atoms with van der Waals surface area (Å²) in [5.74, 6) is 0.628. The molecule has 0 aliphatic heterocycles. The van der Waals surface area contributed by atoms with Crippen LogP contribution in [0.5, 0.6) is 0 Å². The zero-order valence-corrected chi connectivity index (χ0v) is 10.2. The first kappa shape index (κ1) is 10.5. The summed E-state index contributed by atoms with van der Waals surface area (Å²) in [7, 11) is 0. The van der Waals surface area contributed by atoms with E-state index in [0.717, 1.165) is 21.3 Å². The molecular formula is C9H12N4S2. The van der Waals surface area contributed by atoms with Crippen molar-refractivity contribution in [2.24, 2.45) is 5.92 Å². The summed E-state index contributed by atoms with van der Waals surface area (Å²) in [4.78, 5) is 5.41. The van der Waals surface area contributed by atoms with E-state index in [2.05, 4.69) is 29.0 Å². The summed E-state index contributed by atoms with van der Waals surface area (Å²) in [5, 5.41) is 10.3. The normalized spacial score (nSPS) is 11.1. The molecule has 2 N–H and O–H groups in total. The van der Waals surface area contributed by atoms with Gasteiger partial charge in [-0.3, -0.25) is 0 Å². The molecular weight excluding hydrogens is 228 g/mol. The van der Waals surface area contributed by atoms with E-state index in [1.807, 2.05) is 6.20 Å². The summed E-state index contributed by atoms with van der Waals surface area (Å²) in [6.07, 6.45) is 2.86. The third-order valence-electron chi connectivity index (χ3n) is 1.79. The van der Waals surface area contributed by atoms with Crippen molar-refractivity contribution >= 4 is 27.8 Å². The smallest absolute Gasteiger partial charge is 0.203 e. The highest BCUT2D eigenvalue weighted by molar-refractivity contribution is 7.23. The van der Waals surface area contributed by atoms with Gasteiger partial charge in [-0.25, -0.2) is 4.98 Å². The van der Waals surface area contributed by atoms with Gasteiger partial charge in [0, 0.05) is 12.6 Å². The minimum absolute atomic E-state index is 0.504. The van der Waals surface area contributed by atoms with Crippen molar-refractivity contribution in [2.75, 3.05) is 5.73 Å². The van der Waals surface area contributed by atoms with Crippen LogP contribution in [0.2, 0.25) is 0 Å². The molecule has 0 aromatic carbocycles. The molecule has 0 saturated heterocycles. The standard InChI is InChI=1S/C9H12N4S2/c1-5(2)3-7-11-4-6(14-7)8-12-13-9(10)15-8/h4-5H,3H2,1-2H3,(H2,10,13). The molecule has 80 valence electrons. The van der Waals surface area contributed by atoms with Crippen LogP contribution in [0, 0.1) is 5.92 Å². The van der Waals surface area contributed by atoms with E-state index in [-0.39, 0.29) is 0 Å². The number of nitrogen functional groups attached to an aromatic ring is 1. The Morgan fingerprint density at radius 3 is 2.73 bits per heavy atom. The summed E-state index contributed by atoms with van der Waals surface area (Å²) >= 11 is 3.07. The fraction of sp³-hybridized carbons (Fsp3) is 0.444. The first-order valence-electron chi connectivity index (χ1n) is 4.69. The monoisotopic (exact) mass is 240 g/mol. The van der Waals surface area contributed by atoms with Crippen LogP contribution in [-0.2, 0) is 6.42 Å². The van der Waals surface area contributed by atoms with E-state index >= 15 is 0 Å². The molecule has 0 unspecified atom stereocenters. The number of aromatic nitrogens is 3. The van der Waals surface area contributed by atoms with Gasteiger partial charge in [0.1, 0.15) is 0 Å². The average molecular weight is 240 g/mol. The highest BCUT2D eigenvalue weighted by atomic mass is 32.1. The van der Waals surface area contributed by atoms with Crippen molar-refractivity contribution in [1.82, 2.24) is 15.2 Å². The third-order valence-corrected chi connectivity index (χ3v) is 3.73. The van der Waals surface area contributed by atoms with Crippen LogP contribution >= 0.6 is 22.7 Å². The van der Waals surface area contributed by atoms with Crippen LogP contribution < -0.4 is 5.73 Å². The maximum Gasteiger partial charge on any atom is 0.203 e. The second kappa shape index (κ2) is 4.24. The Kier molecular flexibility index (Phi) is 2.97. The molecule has 0 saturated carbocycles. The highest BCUT2D eigenvalue weighted by Crippen LogP contribution is 2.30. The lowest BCUT2D eigenvalue weighted by Crippen LogP contribution is -1.91. The van der Waals surface area contributed by atoms with Crippen molar-refractivity contribution in [3.05, 3.63) is 11.2 Å². The molecule has 0 radical (unpaired) electrons. The van der Waals surface area contributed by atoms with Gasteiger partial charge < -0.3 is 5.73 Å². The van der Waals surface area contributed by atoms with Crippen molar-refractivity contribution in [2.45, 2.75) is 20.3 Å². The van der Waals surface area contributed by atoms with Gasteiger partial charge in [-0.2, -0.15) is 0 Å². The van der Waals surface area contributed by atoms with Crippen molar-refractivity contribution in [1.29, 1.82) is 0 Å². The molecule has 0 spiro atoms. The second-order valence-electron chi connectivity index (χ2n) is 3.66. The molecule has 2 heterocycles. The zero-order chi connectivity index (χ0) is 10.8.